The van der Waals surface area contributed by atoms with Crippen molar-refractivity contribution < 1.29 is 4.79 Å². The average Bonchev–Trinajstić information content (AvgIpc) is 3.11. The number of hydrogen-bond acceptors (Lipinski definition) is 6. The highest BCUT2D eigenvalue weighted by Gasteiger charge is 2.40. The summed E-state index contributed by atoms with van der Waals surface area (Å²) in [7, 11) is 0. The molecular formula is C20H18N6O. The molecule has 0 bridgehead atoms. The topological polar surface area (TPSA) is 97.3 Å². The van der Waals surface area contributed by atoms with E-state index in [1.807, 2.05) is 18.2 Å². The maximum atomic E-state index is 12.7. The van der Waals surface area contributed by atoms with E-state index in [0.717, 1.165) is 41.9 Å². The summed E-state index contributed by atoms with van der Waals surface area (Å²) in [4.78, 5) is 29.8. The maximum absolute atomic E-state index is 12.7. The molecule has 3 aromatic heterocycles. The average molecular weight is 358 g/mol. The first kappa shape index (κ1) is 16.0. The molecule has 7 heteroatoms. The van der Waals surface area contributed by atoms with Crippen LogP contribution >= 0.6 is 0 Å². The highest BCUT2D eigenvalue weighted by Crippen LogP contribution is 2.40. The van der Waals surface area contributed by atoms with Gasteiger partial charge in [0.1, 0.15) is 18.3 Å². The highest BCUT2D eigenvalue weighted by molar-refractivity contribution is 6.00. The van der Waals surface area contributed by atoms with Gasteiger partial charge in [-0.25, -0.2) is 19.9 Å². The second kappa shape index (κ2) is 6.19. The van der Waals surface area contributed by atoms with Crippen LogP contribution in [0.25, 0.3) is 6.08 Å². The van der Waals surface area contributed by atoms with Crippen molar-refractivity contribution in [2.45, 2.75) is 31.1 Å². The Morgan fingerprint density at radius 3 is 2.33 bits per heavy atom. The van der Waals surface area contributed by atoms with Crippen LogP contribution in [0.15, 0.2) is 43.3 Å². The van der Waals surface area contributed by atoms with E-state index < -0.39 is 5.41 Å². The number of aromatic nitrogens is 6. The number of rotatable bonds is 4. The first-order valence-electron chi connectivity index (χ1n) is 9.11. The number of carbonyl (C=O) groups is 1. The molecule has 0 aromatic carbocycles. The Kier molecular flexibility index (Phi) is 3.67. The Hall–Kier alpha value is -3.22. The van der Waals surface area contributed by atoms with Crippen LogP contribution < -0.4 is 0 Å². The summed E-state index contributed by atoms with van der Waals surface area (Å²) in [6.45, 7) is 0. The molecule has 2 aliphatic carbocycles. The summed E-state index contributed by atoms with van der Waals surface area (Å²) >= 11 is 0. The molecule has 3 aromatic rings. The number of Topliss-reactive ketones (excluding diaryl/α,β-unsaturated/α-hetero) is 1. The fraction of sp³-hybridized carbons (Fsp3) is 0.300. The quantitative estimate of drug-likeness (QED) is 0.720. The lowest BCUT2D eigenvalue weighted by molar-refractivity contribution is 0.0849. The molecule has 0 atom stereocenters. The third-order valence-corrected chi connectivity index (χ3v) is 5.66. The van der Waals surface area contributed by atoms with Crippen LogP contribution in [0, 0.1) is 5.92 Å². The SMILES string of the molecule is O=C(c1n[nH]c2c1C=CC(c1ccncn1)(c1ccncn1)C2)C1CCC1. The van der Waals surface area contributed by atoms with Crippen molar-refractivity contribution in [3.8, 4) is 0 Å². The lowest BCUT2D eigenvalue weighted by Crippen LogP contribution is -2.33. The number of nitrogens with zero attached hydrogens (tertiary/aromatic N) is 5. The molecule has 1 saturated carbocycles. The van der Waals surface area contributed by atoms with E-state index in [-0.39, 0.29) is 11.7 Å². The second-order valence-electron chi connectivity index (χ2n) is 7.13. The molecule has 5 rings (SSSR count). The molecule has 134 valence electrons. The number of aromatic amines is 1. The van der Waals surface area contributed by atoms with Crippen LogP contribution in [0.3, 0.4) is 0 Å². The van der Waals surface area contributed by atoms with Gasteiger partial charge in [-0.05, 0) is 25.0 Å². The molecule has 27 heavy (non-hydrogen) atoms. The van der Waals surface area contributed by atoms with Crippen LogP contribution in [0.2, 0.25) is 0 Å². The Morgan fingerprint density at radius 1 is 1.07 bits per heavy atom. The van der Waals surface area contributed by atoms with E-state index in [9.17, 15) is 4.79 Å². The first-order valence-corrected chi connectivity index (χ1v) is 9.11. The Labute approximate surface area is 156 Å². The largest absolute Gasteiger partial charge is 0.292 e. The van der Waals surface area contributed by atoms with Gasteiger partial charge in [-0.1, -0.05) is 18.6 Å². The van der Waals surface area contributed by atoms with Crippen molar-refractivity contribution in [2.75, 3.05) is 0 Å². The number of H-pyrrole nitrogens is 1. The van der Waals surface area contributed by atoms with Crippen molar-refractivity contribution in [3.05, 3.63) is 71.6 Å². The van der Waals surface area contributed by atoms with Gasteiger partial charge in [-0.15, -0.1) is 0 Å². The molecule has 0 unspecified atom stereocenters. The molecule has 1 N–H and O–H groups in total. The number of ketones is 1. The number of fused-ring (bicyclic) bond motifs is 1. The number of nitrogens with one attached hydrogen (secondary N) is 1. The van der Waals surface area contributed by atoms with Crippen LogP contribution in [0.5, 0.6) is 0 Å². The summed E-state index contributed by atoms with van der Waals surface area (Å²) in [6.07, 6.45) is 14.3. The Bertz CT molecular complexity index is 968. The van der Waals surface area contributed by atoms with Gasteiger partial charge in [0.15, 0.2) is 5.78 Å². The van der Waals surface area contributed by atoms with Gasteiger partial charge in [0.2, 0.25) is 0 Å². The Balaban J connectivity index is 1.60. The van der Waals surface area contributed by atoms with Crippen molar-refractivity contribution in [3.63, 3.8) is 0 Å². The van der Waals surface area contributed by atoms with Gasteiger partial charge >= 0.3 is 0 Å². The minimum atomic E-state index is -0.553. The lowest BCUT2D eigenvalue weighted by atomic mass is 9.72. The van der Waals surface area contributed by atoms with Gasteiger partial charge in [0.25, 0.3) is 0 Å². The summed E-state index contributed by atoms with van der Waals surface area (Å²) in [5, 5.41) is 7.46. The molecule has 0 radical (unpaired) electrons. The van der Waals surface area contributed by atoms with Crippen LogP contribution in [-0.4, -0.2) is 35.9 Å². The van der Waals surface area contributed by atoms with Gasteiger partial charge in [0, 0.05) is 36.0 Å². The minimum absolute atomic E-state index is 0.126. The van der Waals surface area contributed by atoms with Crippen molar-refractivity contribution in [1.29, 1.82) is 0 Å². The van der Waals surface area contributed by atoms with Gasteiger partial charge in [-0.3, -0.25) is 9.89 Å². The monoisotopic (exact) mass is 358 g/mol. The zero-order valence-electron chi connectivity index (χ0n) is 14.7. The fourth-order valence-electron chi connectivity index (χ4n) is 3.91. The third-order valence-electron chi connectivity index (χ3n) is 5.66. The number of carbonyl (C=O) groups excluding carboxylic acids is 1. The molecular weight excluding hydrogens is 340 g/mol. The summed E-state index contributed by atoms with van der Waals surface area (Å²) in [6, 6.07) is 3.79. The third kappa shape index (κ3) is 2.50. The van der Waals surface area contributed by atoms with Gasteiger partial charge < -0.3 is 0 Å². The van der Waals surface area contributed by atoms with Crippen molar-refractivity contribution >= 4 is 11.9 Å². The molecule has 1 fully saturated rings. The summed E-state index contributed by atoms with van der Waals surface area (Å²) in [5.41, 5.74) is 3.52. The van der Waals surface area contributed by atoms with Crippen molar-refractivity contribution in [1.82, 2.24) is 30.1 Å². The molecule has 2 aliphatic rings. The summed E-state index contributed by atoms with van der Waals surface area (Å²) in [5.74, 6) is 0.279. The summed E-state index contributed by atoms with van der Waals surface area (Å²) < 4.78 is 0. The zero-order valence-corrected chi connectivity index (χ0v) is 14.7. The molecule has 7 nitrogen and oxygen atoms in total. The predicted molar refractivity (Wildman–Crippen MR) is 97.8 cm³/mol. The molecule has 0 aliphatic heterocycles. The highest BCUT2D eigenvalue weighted by atomic mass is 16.1. The van der Waals surface area contributed by atoms with Crippen molar-refractivity contribution in [2.24, 2.45) is 5.92 Å². The first-order chi connectivity index (χ1) is 13.3. The van der Waals surface area contributed by atoms with E-state index >= 15 is 0 Å². The van der Waals surface area contributed by atoms with E-state index in [2.05, 4.69) is 36.2 Å². The molecule has 3 heterocycles. The van der Waals surface area contributed by atoms with Gasteiger partial charge in [-0.2, -0.15) is 5.10 Å². The standard InChI is InChI=1S/C20H18N6O/c27-19(13-2-1-3-13)18-14-4-7-20(10-15(14)25-26-18,16-5-8-21-11-23-16)17-6-9-22-12-24-17/h4-9,11-13H,1-3,10H2,(H,25,26). The van der Waals surface area contributed by atoms with Crippen LogP contribution in [0.4, 0.5) is 0 Å². The number of hydrogen-bond donors (Lipinski definition) is 1. The zero-order chi connectivity index (χ0) is 18.3. The van der Waals surface area contributed by atoms with E-state index in [1.54, 1.807) is 25.0 Å². The molecule has 0 amide bonds. The minimum Gasteiger partial charge on any atom is -0.292 e. The normalized spacial score (nSPS) is 17.9. The fourth-order valence-corrected chi connectivity index (χ4v) is 3.91. The van der Waals surface area contributed by atoms with E-state index in [0.29, 0.717) is 12.1 Å². The van der Waals surface area contributed by atoms with E-state index in [4.69, 9.17) is 0 Å². The maximum Gasteiger partial charge on any atom is 0.186 e. The predicted octanol–water partition coefficient (Wildman–Crippen LogP) is 2.53. The van der Waals surface area contributed by atoms with Crippen LogP contribution in [0.1, 0.15) is 52.4 Å². The van der Waals surface area contributed by atoms with Crippen LogP contribution in [-0.2, 0) is 11.8 Å². The molecule has 0 saturated heterocycles. The second-order valence-corrected chi connectivity index (χ2v) is 7.13. The lowest BCUT2D eigenvalue weighted by Gasteiger charge is -2.32. The smallest absolute Gasteiger partial charge is 0.186 e. The molecule has 0 spiro atoms. The van der Waals surface area contributed by atoms with Gasteiger partial charge in [0.05, 0.1) is 16.8 Å². The number of allylic oxidation sites excluding steroid dienone is 1. The van der Waals surface area contributed by atoms with E-state index in [1.165, 1.54) is 0 Å². The Morgan fingerprint density at radius 2 is 1.78 bits per heavy atom.